The predicted octanol–water partition coefficient (Wildman–Crippen LogP) is 2.17. The van der Waals surface area contributed by atoms with Crippen molar-refractivity contribution in [2.75, 3.05) is 19.8 Å². The zero-order chi connectivity index (χ0) is 15.6. The largest absolute Gasteiger partial charge is 0.382 e. The lowest BCUT2D eigenvalue weighted by atomic mass is 10.2. The van der Waals surface area contributed by atoms with Crippen LogP contribution in [0.25, 0.3) is 11.3 Å². The molecule has 118 valence electrons. The Balaban J connectivity index is 1.79. The van der Waals surface area contributed by atoms with Crippen LogP contribution in [0, 0.1) is 0 Å². The summed E-state index contributed by atoms with van der Waals surface area (Å²) in [4.78, 5) is 4.24. The molecule has 0 radical (unpaired) electrons. The average Bonchev–Trinajstić information content (AvgIpc) is 3.02. The summed E-state index contributed by atoms with van der Waals surface area (Å²) in [6, 6.07) is 11.7. The highest BCUT2D eigenvalue weighted by molar-refractivity contribution is 5.77. The Bertz CT molecular complexity index is 581. The van der Waals surface area contributed by atoms with E-state index in [9.17, 15) is 0 Å². The summed E-state index contributed by atoms with van der Waals surface area (Å²) >= 11 is 0. The van der Waals surface area contributed by atoms with Gasteiger partial charge in [-0.15, -0.1) is 0 Å². The van der Waals surface area contributed by atoms with E-state index in [1.807, 2.05) is 43.3 Å². The van der Waals surface area contributed by atoms with Crippen LogP contribution in [0.2, 0.25) is 0 Å². The summed E-state index contributed by atoms with van der Waals surface area (Å²) in [6.07, 6.45) is 0.895. The van der Waals surface area contributed by atoms with Gasteiger partial charge in [0.2, 0.25) is 0 Å². The van der Waals surface area contributed by atoms with Crippen LogP contribution in [0.4, 0.5) is 0 Å². The molecule has 2 rings (SSSR count). The number of hydrogen-bond acceptors (Lipinski definition) is 4. The molecule has 0 saturated heterocycles. The van der Waals surface area contributed by atoms with E-state index in [0.29, 0.717) is 12.5 Å². The molecule has 0 spiro atoms. The number of hydrogen-bond donors (Lipinski definition) is 2. The molecule has 22 heavy (non-hydrogen) atoms. The van der Waals surface area contributed by atoms with E-state index in [1.54, 1.807) is 0 Å². The van der Waals surface area contributed by atoms with Gasteiger partial charge in [0.1, 0.15) is 5.69 Å². The summed E-state index contributed by atoms with van der Waals surface area (Å²) < 4.78 is 10.6. The fourth-order valence-electron chi connectivity index (χ4n) is 1.88. The van der Waals surface area contributed by atoms with Gasteiger partial charge in [0.05, 0.1) is 6.54 Å². The van der Waals surface area contributed by atoms with Crippen molar-refractivity contribution in [2.45, 2.75) is 19.9 Å². The first-order chi connectivity index (χ1) is 10.8. The second-order valence-corrected chi connectivity index (χ2v) is 4.73. The zero-order valence-corrected chi connectivity index (χ0v) is 12.8. The summed E-state index contributed by atoms with van der Waals surface area (Å²) in [5.41, 5.74) is 7.53. The van der Waals surface area contributed by atoms with E-state index in [0.717, 1.165) is 43.2 Å². The van der Waals surface area contributed by atoms with Crippen molar-refractivity contribution in [1.82, 2.24) is 10.5 Å². The van der Waals surface area contributed by atoms with Crippen molar-refractivity contribution in [3.8, 4) is 11.3 Å². The van der Waals surface area contributed by atoms with Crippen LogP contribution in [0.3, 0.4) is 0 Å². The molecule has 6 nitrogen and oxygen atoms in total. The molecule has 0 unspecified atom stereocenters. The molecule has 0 aliphatic carbocycles. The monoisotopic (exact) mass is 302 g/mol. The average molecular weight is 302 g/mol. The number of nitrogens with one attached hydrogen (secondary N) is 1. The van der Waals surface area contributed by atoms with Gasteiger partial charge in [-0.1, -0.05) is 35.5 Å². The number of aliphatic imine (C=N–C) groups is 1. The van der Waals surface area contributed by atoms with Gasteiger partial charge in [0.25, 0.3) is 0 Å². The van der Waals surface area contributed by atoms with E-state index in [4.69, 9.17) is 15.0 Å². The lowest BCUT2D eigenvalue weighted by Gasteiger charge is -2.04. The van der Waals surface area contributed by atoms with Gasteiger partial charge in [-0.05, 0) is 13.3 Å². The number of benzene rings is 1. The number of ether oxygens (including phenoxy) is 1. The van der Waals surface area contributed by atoms with Crippen molar-refractivity contribution < 1.29 is 9.26 Å². The first kappa shape index (κ1) is 16.0. The van der Waals surface area contributed by atoms with E-state index in [-0.39, 0.29) is 0 Å². The highest BCUT2D eigenvalue weighted by Crippen LogP contribution is 2.19. The SMILES string of the molecule is CCOCCCNC(N)=NCc1cc(-c2ccccc2)on1. The first-order valence-corrected chi connectivity index (χ1v) is 7.42. The summed E-state index contributed by atoms with van der Waals surface area (Å²) in [5, 5.41) is 7.04. The number of rotatable bonds is 8. The summed E-state index contributed by atoms with van der Waals surface area (Å²) in [6.45, 7) is 4.56. The molecule has 2 aromatic rings. The molecule has 0 saturated carbocycles. The molecule has 0 atom stereocenters. The maximum atomic E-state index is 5.79. The molecule has 0 fully saturated rings. The Morgan fingerprint density at radius 3 is 2.95 bits per heavy atom. The molecule has 1 heterocycles. The molecule has 3 N–H and O–H groups in total. The maximum Gasteiger partial charge on any atom is 0.188 e. The van der Waals surface area contributed by atoms with Crippen molar-refractivity contribution in [1.29, 1.82) is 0 Å². The zero-order valence-electron chi connectivity index (χ0n) is 12.8. The second-order valence-electron chi connectivity index (χ2n) is 4.73. The van der Waals surface area contributed by atoms with Gasteiger partial charge in [0, 0.05) is 31.4 Å². The third-order valence-electron chi connectivity index (χ3n) is 3.00. The van der Waals surface area contributed by atoms with Crippen molar-refractivity contribution in [2.24, 2.45) is 10.7 Å². The number of nitrogens with two attached hydrogens (primary N) is 1. The number of nitrogens with zero attached hydrogens (tertiary/aromatic N) is 2. The fraction of sp³-hybridized carbons (Fsp3) is 0.375. The Hall–Kier alpha value is -2.34. The Morgan fingerprint density at radius 2 is 2.18 bits per heavy atom. The van der Waals surface area contributed by atoms with Gasteiger partial charge >= 0.3 is 0 Å². The molecular formula is C16H22N4O2. The van der Waals surface area contributed by atoms with Crippen molar-refractivity contribution >= 4 is 5.96 Å². The third kappa shape index (κ3) is 5.21. The molecular weight excluding hydrogens is 280 g/mol. The molecule has 0 aliphatic rings. The molecule has 0 amide bonds. The molecule has 6 heteroatoms. The minimum atomic E-state index is 0.390. The van der Waals surface area contributed by atoms with Crippen LogP contribution in [0.5, 0.6) is 0 Å². The molecule has 1 aromatic carbocycles. The Kier molecular flexibility index (Phi) is 6.44. The van der Waals surface area contributed by atoms with Crippen molar-refractivity contribution in [3.05, 3.63) is 42.1 Å². The Morgan fingerprint density at radius 1 is 1.36 bits per heavy atom. The van der Waals surface area contributed by atoms with Gasteiger partial charge in [-0.25, -0.2) is 4.99 Å². The third-order valence-corrected chi connectivity index (χ3v) is 3.00. The maximum absolute atomic E-state index is 5.79. The van der Waals surface area contributed by atoms with E-state index < -0.39 is 0 Å². The molecule has 0 bridgehead atoms. The van der Waals surface area contributed by atoms with E-state index in [2.05, 4.69) is 15.5 Å². The van der Waals surface area contributed by atoms with Crippen LogP contribution in [-0.4, -0.2) is 30.9 Å². The van der Waals surface area contributed by atoms with Gasteiger partial charge in [-0.2, -0.15) is 0 Å². The first-order valence-electron chi connectivity index (χ1n) is 7.42. The second kappa shape index (κ2) is 8.84. The minimum Gasteiger partial charge on any atom is -0.382 e. The highest BCUT2D eigenvalue weighted by atomic mass is 16.5. The van der Waals surface area contributed by atoms with Gasteiger partial charge in [-0.3, -0.25) is 0 Å². The summed E-state index contributed by atoms with van der Waals surface area (Å²) in [5.74, 6) is 1.13. The van der Waals surface area contributed by atoms with Crippen LogP contribution in [-0.2, 0) is 11.3 Å². The minimum absolute atomic E-state index is 0.390. The van der Waals surface area contributed by atoms with Crippen LogP contribution < -0.4 is 11.1 Å². The van der Waals surface area contributed by atoms with Crippen molar-refractivity contribution in [3.63, 3.8) is 0 Å². The van der Waals surface area contributed by atoms with Gasteiger partial charge < -0.3 is 20.3 Å². The van der Waals surface area contributed by atoms with Gasteiger partial charge in [0.15, 0.2) is 11.7 Å². The lowest BCUT2D eigenvalue weighted by Crippen LogP contribution is -2.32. The number of aromatic nitrogens is 1. The predicted molar refractivity (Wildman–Crippen MR) is 86.4 cm³/mol. The Labute approximate surface area is 130 Å². The summed E-state index contributed by atoms with van der Waals surface area (Å²) in [7, 11) is 0. The fourth-order valence-corrected chi connectivity index (χ4v) is 1.88. The van der Waals surface area contributed by atoms with Crippen LogP contribution in [0.1, 0.15) is 19.0 Å². The quantitative estimate of drug-likeness (QED) is 0.443. The smallest absolute Gasteiger partial charge is 0.188 e. The topological polar surface area (TPSA) is 85.7 Å². The van der Waals surface area contributed by atoms with Crippen LogP contribution >= 0.6 is 0 Å². The van der Waals surface area contributed by atoms with E-state index in [1.165, 1.54) is 0 Å². The normalized spacial score (nSPS) is 11.6. The standard InChI is InChI=1S/C16H22N4O2/c1-2-21-10-6-9-18-16(17)19-12-14-11-15(22-20-14)13-7-4-3-5-8-13/h3-5,7-8,11H,2,6,9-10,12H2,1H3,(H3,17,18,19). The molecule has 0 aliphatic heterocycles. The number of guanidine groups is 1. The molecule has 1 aromatic heterocycles. The van der Waals surface area contributed by atoms with Crippen LogP contribution in [0.15, 0.2) is 45.9 Å². The lowest BCUT2D eigenvalue weighted by molar-refractivity contribution is 0.145. The highest BCUT2D eigenvalue weighted by Gasteiger charge is 2.05. The van der Waals surface area contributed by atoms with E-state index >= 15 is 0 Å².